The first-order valence-corrected chi connectivity index (χ1v) is 7.41. The van der Waals surface area contributed by atoms with Crippen LogP contribution in [0, 0.1) is 0 Å². The van der Waals surface area contributed by atoms with Gasteiger partial charge < -0.3 is 10.1 Å². The fraction of sp³-hybridized carbons (Fsp3) is 0.294. The normalized spacial score (nSPS) is 12.5. The number of pyridine rings is 1. The summed E-state index contributed by atoms with van der Waals surface area (Å²) in [4.78, 5) is 4.53. The quantitative estimate of drug-likeness (QED) is 0.734. The number of fused-ring (bicyclic) bond motifs is 1. The number of H-pyrrole nitrogens is 1. The summed E-state index contributed by atoms with van der Waals surface area (Å²) in [6.45, 7) is 0.936. The lowest BCUT2D eigenvalue weighted by Gasteiger charge is -2.17. The molecule has 114 valence electrons. The van der Waals surface area contributed by atoms with Crippen LogP contribution in [0.1, 0.15) is 23.6 Å². The molecule has 0 unspecified atom stereocenters. The van der Waals surface area contributed by atoms with Crippen LogP contribution >= 0.6 is 0 Å². The van der Waals surface area contributed by atoms with E-state index >= 15 is 0 Å². The molecule has 1 atom stereocenters. The molecular weight excluding hydrogens is 276 g/mol. The Kier molecular flexibility index (Phi) is 4.34. The van der Waals surface area contributed by atoms with E-state index in [1.807, 2.05) is 25.4 Å². The van der Waals surface area contributed by atoms with Gasteiger partial charge in [0, 0.05) is 17.8 Å². The van der Waals surface area contributed by atoms with Crippen molar-refractivity contribution in [3.8, 4) is 5.88 Å². The standard InChI is InChI=1S/C17H20N4O/c1-18-10-8-13(15-5-3-4-9-19-15)12-6-7-14-16(11-12)20-21-17(14)22-2/h3-7,9,11,13,18H,8,10H2,1-2H3,(H,20,21)/t13-/m1/s1. The van der Waals surface area contributed by atoms with Gasteiger partial charge in [-0.2, -0.15) is 0 Å². The van der Waals surface area contributed by atoms with Crippen molar-refractivity contribution in [1.82, 2.24) is 20.5 Å². The third kappa shape index (κ3) is 2.80. The third-order valence-electron chi connectivity index (χ3n) is 3.88. The van der Waals surface area contributed by atoms with Gasteiger partial charge in [0.05, 0.1) is 18.0 Å². The van der Waals surface area contributed by atoms with E-state index in [0.717, 1.165) is 29.6 Å². The summed E-state index contributed by atoms with van der Waals surface area (Å²) in [5.74, 6) is 0.888. The van der Waals surface area contributed by atoms with E-state index in [0.29, 0.717) is 5.88 Å². The molecule has 3 aromatic rings. The molecule has 0 aliphatic heterocycles. The van der Waals surface area contributed by atoms with Crippen LogP contribution < -0.4 is 10.1 Å². The van der Waals surface area contributed by atoms with Crippen molar-refractivity contribution in [2.45, 2.75) is 12.3 Å². The number of methoxy groups -OCH3 is 1. The van der Waals surface area contributed by atoms with Crippen LogP contribution in [0.3, 0.4) is 0 Å². The van der Waals surface area contributed by atoms with E-state index in [4.69, 9.17) is 4.74 Å². The Bertz CT molecular complexity index is 739. The molecular formula is C17H20N4O. The number of aromatic amines is 1. The highest BCUT2D eigenvalue weighted by molar-refractivity contribution is 5.84. The molecule has 0 fully saturated rings. The highest BCUT2D eigenvalue weighted by atomic mass is 16.5. The van der Waals surface area contributed by atoms with Gasteiger partial charge in [-0.25, -0.2) is 0 Å². The van der Waals surface area contributed by atoms with Crippen molar-refractivity contribution >= 4 is 10.9 Å². The maximum Gasteiger partial charge on any atom is 0.240 e. The molecule has 0 saturated heterocycles. The number of nitrogens with zero attached hydrogens (tertiary/aromatic N) is 2. The van der Waals surface area contributed by atoms with Crippen molar-refractivity contribution in [3.05, 3.63) is 53.9 Å². The molecule has 5 heteroatoms. The molecule has 0 bridgehead atoms. The van der Waals surface area contributed by atoms with E-state index < -0.39 is 0 Å². The largest absolute Gasteiger partial charge is 0.480 e. The molecule has 2 aromatic heterocycles. The van der Waals surface area contributed by atoms with Crippen LogP contribution in [0.4, 0.5) is 0 Å². The van der Waals surface area contributed by atoms with E-state index in [2.05, 4.69) is 44.8 Å². The number of rotatable bonds is 6. The molecule has 5 nitrogen and oxygen atoms in total. The Labute approximate surface area is 129 Å². The van der Waals surface area contributed by atoms with Crippen molar-refractivity contribution in [1.29, 1.82) is 0 Å². The van der Waals surface area contributed by atoms with Gasteiger partial charge in [-0.1, -0.05) is 12.1 Å². The maximum atomic E-state index is 5.25. The number of nitrogens with one attached hydrogen (secondary N) is 2. The lowest BCUT2D eigenvalue weighted by atomic mass is 9.91. The smallest absolute Gasteiger partial charge is 0.240 e. The van der Waals surface area contributed by atoms with Crippen LogP contribution in [0.2, 0.25) is 0 Å². The zero-order valence-electron chi connectivity index (χ0n) is 12.8. The summed E-state index contributed by atoms with van der Waals surface area (Å²) in [6, 6.07) is 12.4. The number of benzene rings is 1. The molecule has 3 rings (SSSR count). The Morgan fingerprint density at radius 2 is 2.18 bits per heavy atom. The fourth-order valence-electron chi connectivity index (χ4n) is 2.74. The second-order valence-corrected chi connectivity index (χ2v) is 5.24. The van der Waals surface area contributed by atoms with Crippen LogP contribution in [-0.2, 0) is 0 Å². The lowest BCUT2D eigenvalue weighted by molar-refractivity contribution is 0.401. The van der Waals surface area contributed by atoms with Crippen molar-refractivity contribution < 1.29 is 4.74 Å². The summed E-state index contributed by atoms with van der Waals surface area (Å²) in [5, 5.41) is 11.4. The first-order chi connectivity index (χ1) is 10.8. The number of hydrogen-bond donors (Lipinski definition) is 2. The minimum absolute atomic E-state index is 0.257. The second kappa shape index (κ2) is 6.58. The minimum atomic E-state index is 0.257. The second-order valence-electron chi connectivity index (χ2n) is 5.24. The Morgan fingerprint density at radius 3 is 2.91 bits per heavy atom. The Hall–Kier alpha value is -2.40. The molecule has 0 aliphatic carbocycles. The molecule has 0 radical (unpaired) electrons. The van der Waals surface area contributed by atoms with Gasteiger partial charge in [0.1, 0.15) is 0 Å². The maximum absolute atomic E-state index is 5.25. The monoisotopic (exact) mass is 296 g/mol. The van der Waals surface area contributed by atoms with Gasteiger partial charge in [-0.3, -0.25) is 10.1 Å². The lowest BCUT2D eigenvalue weighted by Crippen LogP contribution is -2.14. The summed E-state index contributed by atoms with van der Waals surface area (Å²) in [7, 11) is 3.60. The zero-order chi connectivity index (χ0) is 15.4. The first kappa shape index (κ1) is 14.5. The summed E-state index contributed by atoms with van der Waals surface area (Å²) in [5.41, 5.74) is 3.30. The highest BCUT2D eigenvalue weighted by Crippen LogP contribution is 2.30. The molecule has 2 heterocycles. The van der Waals surface area contributed by atoms with E-state index in [9.17, 15) is 0 Å². The Balaban J connectivity index is 2.00. The predicted molar refractivity (Wildman–Crippen MR) is 87.3 cm³/mol. The third-order valence-corrected chi connectivity index (χ3v) is 3.88. The number of ether oxygens (including phenoxy) is 1. The Morgan fingerprint density at radius 1 is 1.27 bits per heavy atom. The minimum Gasteiger partial charge on any atom is -0.480 e. The van der Waals surface area contributed by atoms with Gasteiger partial charge in [-0.05, 0) is 49.8 Å². The first-order valence-electron chi connectivity index (χ1n) is 7.41. The van der Waals surface area contributed by atoms with Gasteiger partial charge in [0.25, 0.3) is 0 Å². The van der Waals surface area contributed by atoms with Gasteiger partial charge in [0.15, 0.2) is 0 Å². The summed E-state index contributed by atoms with van der Waals surface area (Å²) >= 11 is 0. The SMILES string of the molecule is CNCC[C@H](c1ccc2c(OC)n[nH]c2c1)c1ccccn1. The molecule has 2 N–H and O–H groups in total. The van der Waals surface area contributed by atoms with Crippen molar-refractivity contribution in [2.75, 3.05) is 20.7 Å². The molecule has 0 saturated carbocycles. The topological polar surface area (TPSA) is 62.8 Å². The highest BCUT2D eigenvalue weighted by Gasteiger charge is 2.16. The van der Waals surface area contributed by atoms with E-state index in [1.165, 1.54) is 5.56 Å². The average molecular weight is 296 g/mol. The molecule has 0 aliphatic rings. The number of aromatic nitrogens is 3. The fourth-order valence-corrected chi connectivity index (χ4v) is 2.74. The van der Waals surface area contributed by atoms with Gasteiger partial charge in [0.2, 0.25) is 5.88 Å². The van der Waals surface area contributed by atoms with Crippen LogP contribution in [0.25, 0.3) is 10.9 Å². The van der Waals surface area contributed by atoms with E-state index in [-0.39, 0.29) is 5.92 Å². The zero-order valence-corrected chi connectivity index (χ0v) is 12.8. The molecule has 0 spiro atoms. The summed E-state index contributed by atoms with van der Waals surface area (Å²) < 4.78 is 5.25. The molecule has 22 heavy (non-hydrogen) atoms. The van der Waals surface area contributed by atoms with Crippen LogP contribution in [0.5, 0.6) is 5.88 Å². The van der Waals surface area contributed by atoms with Gasteiger partial charge >= 0.3 is 0 Å². The van der Waals surface area contributed by atoms with Crippen LogP contribution in [-0.4, -0.2) is 35.9 Å². The van der Waals surface area contributed by atoms with Crippen molar-refractivity contribution in [3.63, 3.8) is 0 Å². The van der Waals surface area contributed by atoms with Crippen molar-refractivity contribution in [2.24, 2.45) is 0 Å². The van der Waals surface area contributed by atoms with Crippen LogP contribution in [0.15, 0.2) is 42.6 Å². The average Bonchev–Trinajstić information content (AvgIpc) is 2.98. The number of hydrogen-bond acceptors (Lipinski definition) is 4. The van der Waals surface area contributed by atoms with E-state index in [1.54, 1.807) is 7.11 Å². The predicted octanol–water partition coefficient (Wildman–Crippen LogP) is 2.71. The molecule has 0 amide bonds. The van der Waals surface area contributed by atoms with Gasteiger partial charge in [-0.15, -0.1) is 5.10 Å². The summed E-state index contributed by atoms with van der Waals surface area (Å²) in [6.07, 6.45) is 2.84. The molecule has 1 aromatic carbocycles.